The van der Waals surface area contributed by atoms with E-state index >= 15 is 0 Å². The summed E-state index contributed by atoms with van der Waals surface area (Å²) >= 11 is 11.2. The molecule has 0 aromatic heterocycles. The first-order valence-electron chi connectivity index (χ1n) is 5.64. The molecule has 0 bridgehead atoms. The van der Waals surface area contributed by atoms with Crippen molar-refractivity contribution in [1.82, 2.24) is 0 Å². The minimum absolute atomic E-state index is 0.0970. The fourth-order valence-corrected chi connectivity index (χ4v) is 4.64. The van der Waals surface area contributed by atoms with Crippen molar-refractivity contribution >= 4 is 77.1 Å². The summed E-state index contributed by atoms with van der Waals surface area (Å²) in [6, 6.07) is 3.64. The molecule has 0 fully saturated rings. The first kappa shape index (κ1) is 18.0. The zero-order valence-corrected chi connectivity index (χ0v) is 16.0. The minimum atomic E-state index is -0.892. The zero-order valence-electron chi connectivity index (χ0n) is 10.5. The molecule has 2 N–H and O–H groups in total. The van der Waals surface area contributed by atoms with Gasteiger partial charge in [0.05, 0.1) is 11.4 Å². The van der Waals surface area contributed by atoms with E-state index in [1.54, 1.807) is 6.92 Å². The lowest BCUT2D eigenvalue weighted by molar-refractivity contribution is -0.136. The van der Waals surface area contributed by atoms with Crippen molar-refractivity contribution in [3.8, 4) is 0 Å². The maximum Gasteiger partial charge on any atom is 0.316 e. The van der Waals surface area contributed by atoms with Crippen molar-refractivity contribution < 1.29 is 14.7 Å². The van der Waals surface area contributed by atoms with Gasteiger partial charge < -0.3 is 10.4 Å². The van der Waals surface area contributed by atoms with Gasteiger partial charge in [-0.15, -0.1) is 11.8 Å². The van der Waals surface area contributed by atoms with Gasteiger partial charge in [-0.3, -0.25) is 9.59 Å². The smallest absolute Gasteiger partial charge is 0.316 e. The Labute approximate surface area is 146 Å². The summed E-state index contributed by atoms with van der Waals surface area (Å²) in [6.45, 7) is 1.78. The van der Waals surface area contributed by atoms with Crippen LogP contribution in [-0.2, 0) is 9.59 Å². The molecule has 0 saturated carbocycles. The molecule has 1 rings (SSSR count). The molecule has 0 radical (unpaired) electrons. The van der Waals surface area contributed by atoms with Crippen LogP contribution in [0.3, 0.4) is 0 Å². The molecule has 0 heterocycles. The van der Waals surface area contributed by atoms with E-state index in [0.29, 0.717) is 12.1 Å². The van der Waals surface area contributed by atoms with Crippen LogP contribution < -0.4 is 5.32 Å². The third kappa shape index (κ3) is 5.38. The lowest BCUT2D eigenvalue weighted by Gasteiger charge is -2.12. The summed E-state index contributed by atoms with van der Waals surface area (Å²) in [4.78, 5) is 22.7. The van der Waals surface area contributed by atoms with Crippen molar-refractivity contribution in [1.29, 1.82) is 0 Å². The molecule has 4 nitrogen and oxygen atoms in total. The Morgan fingerprint density at radius 3 is 2.30 bits per heavy atom. The Bertz CT molecular complexity index is 502. The number of hydrogen-bond donors (Lipinski definition) is 2. The number of nitrogens with one attached hydrogen (secondary N) is 1. The molecule has 1 atom stereocenters. The second-order valence-electron chi connectivity index (χ2n) is 3.84. The standard InChI is InChI=1S/C12H12Br3NO3S/c1-2-9(12(18)19)20-5-10(17)16-11-7(14)3-6(13)4-8(11)15/h3-4,9H,2,5H2,1H3,(H,16,17)(H,18,19). The van der Waals surface area contributed by atoms with Crippen LogP contribution >= 0.6 is 59.6 Å². The maximum atomic E-state index is 11.9. The van der Waals surface area contributed by atoms with Crippen LogP contribution in [0, 0.1) is 0 Å². The molecule has 0 aliphatic rings. The third-order valence-electron chi connectivity index (χ3n) is 2.33. The summed E-state index contributed by atoms with van der Waals surface area (Å²) in [5, 5.41) is 11.1. The first-order valence-corrected chi connectivity index (χ1v) is 9.06. The summed E-state index contributed by atoms with van der Waals surface area (Å²) in [5.74, 6) is -1.03. The Hall–Kier alpha value is -0.0500. The molecule has 1 aromatic carbocycles. The number of hydrogen-bond acceptors (Lipinski definition) is 3. The molecule has 8 heteroatoms. The van der Waals surface area contributed by atoms with E-state index in [0.717, 1.165) is 25.2 Å². The molecule has 0 spiro atoms. The SMILES string of the molecule is CCC(SCC(=O)Nc1c(Br)cc(Br)cc1Br)C(=O)O. The van der Waals surface area contributed by atoms with Crippen molar-refractivity contribution in [2.45, 2.75) is 18.6 Å². The van der Waals surface area contributed by atoms with Crippen LogP contribution in [0.25, 0.3) is 0 Å². The molecule has 0 aliphatic heterocycles. The zero-order chi connectivity index (χ0) is 15.3. The number of aliphatic carboxylic acids is 1. The average molecular weight is 490 g/mol. The highest BCUT2D eigenvalue weighted by atomic mass is 79.9. The fourth-order valence-electron chi connectivity index (χ4n) is 1.38. The third-order valence-corrected chi connectivity index (χ3v) is 5.41. The maximum absolute atomic E-state index is 11.9. The molecule has 0 aliphatic carbocycles. The molecule has 20 heavy (non-hydrogen) atoms. The van der Waals surface area contributed by atoms with E-state index in [-0.39, 0.29) is 11.7 Å². The Kier molecular flexibility index (Phi) is 7.57. The predicted octanol–water partition coefficient (Wildman–Crippen LogP) is 4.51. The predicted molar refractivity (Wildman–Crippen MR) is 92.3 cm³/mol. The van der Waals surface area contributed by atoms with Gasteiger partial charge in [-0.1, -0.05) is 22.9 Å². The lowest BCUT2D eigenvalue weighted by Crippen LogP contribution is -2.21. The molecule has 1 amide bonds. The summed E-state index contributed by atoms with van der Waals surface area (Å²) in [7, 11) is 0. The number of benzene rings is 1. The number of halogens is 3. The van der Waals surface area contributed by atoms with Crippen molar-refractivity contribution in [2.24, 2.45) is 0 Å². The van der Waals surface area contributed by atoms with Crippen LogP contribution in [0.15, 0.2) is 25.6 Å². The summed E-state index contributed by atoms with van der Waals surface area (Å²) < 4.78 is 2.35. The Balaban J connectivity index is 2.66. The first-order chi connectivity index (χ1) is 9.35. The number of carboxylic acids is 1. The van der Waals surface area contributed by atoms with Crippen LogP contribution in [-0.4, -0.2) is 28.0 Å². The largest absolute Gasteiger partial charge is 0.480 e. The number of carbonyl (C=O) groups excluding carboxylic acids is 1. The second-order valence-corrected chi connectivity index (χ2v) is 7.65. The Morgan fingerprint density at radius 1 is 1.30 bits per heavy atom. The quantitative estimate of drug-likeness (QED) is 0.617. The van der Waals surface area contributed by atoms with Gasteiger partial charge in [-0.2, -0.15) is 0 Å². The van der Waals surface area contributed by atoms with Gasteiger partial charge in [0.2, 0.25) is 5.91 Å². The highest BCUT2D eigenvalue weighted by Crippen LogP contribution is 2.34. The average Bonchev–Trinajstić information content (AvgIpc) is 2.34. The van der Waals surface area contributed by atoms with Gasteiger partial charge >= 0.3 is 5.97 Å². The Morgan fingerprint density at radius 2 is 1.85 bits per heavy atom. The van der Waals surface area contributed by atoms with Gasteiger partial charge in [0.1, 0.15) is 5.25 Å². The van der Waals surface area contributed by atoms with Crippen LogP contribution in [0.5, 0.6) is 0 Å². The number of thioether (sulfide) groups is 1. The van der Waals surface area contributed by atoms with E-state index < -0.39 is 11.2 Å². The molecule has 1 aromatic rings. The molecule has 1 unspecified atom stereocenters. The second kappa shape index (κ2) is 8.41. The van der Waals surface area contributed by atoms with Crippen LogP contribution in [0.4, 0.5) is 5.69 Å². The normalized spacial score (nSPS) is 12.0. The summed E-state index contributed by atoms with van der Waals surface area (Å²) in [5.41, 5.74) is 0.627. The topological polar surface area (TPSA) is 66.4 Å². The van der Waals surface area contributed by atoms with Crippen LogP contribution in [0.2, 0.25) is 0 Å². The number of carboxylic acid groups (broad SMARTS) is 1. The number of carbonyl (C=O) groups is 2. The van der Waals surface area contributed by atoms with E-state index in [2.05, 4.69) is 53.1 Å². The van der Waals surface area contributed by atoms with Gasteiger partial charge in [-0.25, -0.2) is 0 Å². The minimum Gasteiger partial charge on any atom is -0.480 e. The molecular formula is C12H12Br3NO3S. The number of rotatable bonds is 6. The number of amides is 1. The van der Waals surface area contributed by atoms with E-state index in [4.69, 9.17) is 5.11 Å². The lowest BCUT2D eigenvalue weighted by atomic mass is 10.3. The van der Waals surface area contributed by atoms with Crippen molar-refractivity contribution in [3.63, 3.8) is 0 Å². The molecule has 0 saturated heterocycles. The van der Waals surface area contributed by atoms with E-state index in [1.807, 2.05) is 12.1 Å². The highest BCUT2D eigenvalue weighted by molar-refractivity contribution is 9.11. The van der Waals surface area contributed by atoms with Crippen molar-refractivity contribution in [3.05, 3.63) is 25.6 Å². The fraction of sp³-hybridized carbons (Fsp3) is 0.333. The van der Waals surface area contributed by atoms with Gasteiger partial charge in [0.25, 0.3) is 0 Å². The van der Waals surface area contributed by atoms with Gasteiger partial charge in [0.15, 0.2) is 0 Å². The molecule has 110 valence electrons. The monoisotopic (exact) mass is 487 g/mol. The van der Waals surface area contributed by atoms with E-state index in [1.165, 1.54) is 0 Å². The van der Waals surface area contributed by atoms with Gasteiger partial charge in [0, 0.05) is 13.4 Å². The number of anilines is 1. The highest BCUT2D eigenvalue weighted by Gasteiger charge is 2.18. The van der Waals surface area contributed by atoms with E-state index in [9.17, 15) is 9.59 Å². The van der Waals surface area contributed by atoms with Gasteiger partial charge in [-0.05, 0) is 50.4 Å². The van der Waals surface area contributed by atoms with Crippen molar-refractivity contribution in [2.75, 3.05) is 11.1 Å². The molecular weight excluding hydrogens is 478 g/mol. The van der Waals surface area contributed by atoms with Crippen LogP contribution in [0.1, 0.15) is 13.3 Å². The summed E-state index contributed by atoms with van der Waals surface area (Å²) in [6.07, 6.45) is 0.485.